The summed E-state index contributed by atoms with van der Waals surface area (Å²) in [5, 5.41) is 14.3. The monoisotopic (exact) mass is 409 g/mol. The molecule has 0 aliphatic rings. The standard InChI is InChI=1S/C23H27N3O2S/c1-2-17-8-9-21-19(14-17)15-20(22(28)25-21)16-26(12-13-27)23(29)24-11-10-18-6-4-3-5-7-18/h3-9,14-15,27H,2,10-13,16H2,1H3,(H,24,29)(H,25,28). The first-order chi connectivity index (χ1) is 14.1. The first-order valence-corrected chi connectivity index (χ1v) is 10.3. The first kappa shape index (κ1) is 21.0. The maximum absolute atomic E-state index is 12.5. The van der Waals surface area contributed by atoms with Gasteiger partial charge in [0.2, 0.25) is 0 Å². The Morgan fingerprint density at radius 2 is 1.93 bits per heavy atom. The van der Waals surface area contributed by atoms with Crippen molar-refractivity contribution in [1.82, 2.24) is 15.2 Å². The van der Waals surface area contributed by atoms with E-state index in [2.05, 4.69) is 35.4 Å². The molecule has 0 saturated carbocycles. The van der Waals surface area contributed by atoms with E-state index in [1.54, 1.807) is 0 Å². The molecule has 2 aromatic carbocycles. The van der Waals surface area contributed by atoms with Gasteiger partial charge in [-0.1, -0.05) is 43.3 Å². The molecule has 0 amide bonds. The van der Waals surface area contributed by atoms with Crippen molar-refractivity contribution in [2.75, 3.05) is 19.7 Å². The van der Waals surface area contributed by atoms with Crippen molar-refractivity contribution < 1.29 is 5.11 Å². The van der Waals surface area contributed by atoms with Crippen molar-refractivity contribution in [1.29, 1.82) is 0 Å². The Morgan fingerprint density at radius 3 is 2.66 bits per heavy atom. The maximum atomic E-state index is 12.5. The smallest absolute Gasteiger partial charge is 0.253 e. The van der Waals surface area contributed by atoms with Gasteiger partial charge >= 0.3 is 0 Å². The van der Waals surface area contributed by atoms with Gasteiger partial charge in [0.25, 0.3) is 5.56 Å². The number of aliphatic hydroxyl groups is 1. The number of aromatic amines is 1. The van der Waals surface area contributed by atoms with E-state index in [9.17, 15) is 9.90 Å². The summed E-state index contributed by atoms with van der Waals surface area (Å²) in [6, 6.07) is 18.2. The van der Waals surface area contributed by atoms with Gasteiger partial charge in [0, 0.05) is 24.2 Å². The van der Waals surface area contributed by atoms with Crippen molar-refractivity contribution in [2.45, 2.75) is 26.3 Å². The molecule has 29 heavy (non-hydrogen) atoms. The molecule has 0 unspecified atom stereocenters. The molecular formula is C23H27N3O2S. The van der Waals surface area contributed by atoms with Crippen LogP contribution >= 0.6 is 12.2 Å². The number of H-pyrrole nitrogens is 1. The quantitative estimate of drug-likeness (QED) is 0.499. The van der Waals surface area contributed by atoms with Crippen LogP contribution in [0.3, 0.4) is 0 Å². The molecular weight excluding hydrogens is 382 g/mol. The number of thiocarbonyl (C=S) groups is 1. The van der Waals surface area contributed by atoms with Crippen molar-refractivity contribution >= 4 is 28.2 Å². The van der Waals surface area contributed by atoms with Crippen molar-refractivity contribution in [2.24, 2.45) is 0 Å². The number of fused-ring (bicyclic) bond motifs is 1. The average Bonchev–Trinajstić information content (AvgIpc) is 2.74. The van der Waals surface area contributed by atoms with Gasteiger partial charge in [-0.25, -0.2) is 0 Å². The fourth-order valence-corrected chi connectivity index (χ4v) is 3.55. The zero-order valence-electron chi connectivity index (χ0n) is 16.6. The third-order valence-electron chi connectivity index (χ3n) is 4.94. The Kier molecular flexibility index (Phi) is 7.38. The molecule has 3 rings (SSSR count). The van der Waals surface area contributed by atoms with Crippen LogP contribution in [0.25, 0.3) is 10.9 Å². The molecule has 152 valence electrons. The van der Waals surface area contributed by atoms with Gasteiger partial charge in [0.15, 0.2) is 5.11 Å². The normalized spacial score (nSPS) is 10.8. The summed E-state index contributed by atoms with van der Waals surface area (Å²) in [5.74, 6) is 0. The summed E-state index contributed by atoms with van der Waals surface area (Å²) in [6.07, 6.45) is 1.79. The number of nitrogens with one attached hydrogen (secondary N) is 2. The number of pyridine rings is 1. The SMILES string of the molecule is CCc1ccc2[nH]c(=O)c(CN(CCO)C(=S)NCCc3ccccc3)cc2c1. The molecule has 3 N–H and O–H groups in total. The van der Waals surface area contributed by atoms with Crippen LogP contribution in [0, 0.1) is 0 Å². The fraction of sp³-hybridized carbons (Fsp3) is 0.304. The molecule has 3 aromatic rings. The highest BCUT2D eigenvalue weighted by molar-refractivity contribution is 7.80. The van der Waals surface area contributed by atoms with E-state index >= 15 is 0 Å². The molecule has 5 nitrogen and oxygen atoms in total. The number of nitrogens with zero attached hydrogens (tertiary/aromatic N) is 1. The van der Waals surface area contributed by atoms with Crippen molar-refractivity contribution in [3.8, 4) is 0 Å². The number of aliphatic hydroxyl groups excluding tert-OH is 1. The Labute approximate surface area is 176 Å². The van der Waals surface area contributed by atoms with Gasteiger partial charge in [-0.15, -0.1) is 0 Å². The van der Waals surface area contributed by atoms with Crippen LogP contribution in [0.1, 0.15) is 23.6 Å². The molecule has 6 heteroatoms. The Balaban J connectivity index is 1.71. The summed E-state index contributed by atoms with van der Waals surface area (Å²) < 4.78 is 0. The van der Waals surface area contributed by atoms with Gasteiger partial charge in [-0.3, -0.25) is 4.79 Å². The number of rotatable bonds is 8. The maximum Gasteiger partial charge on any atom is 0.253 e. The molecule has 0 radical (unpaired) electrons. The lowest BCUT2D eigenvalue weighted by Gasteiger charge is -2.25. The first-order valence-electron chi connectivity index (χ1n) is 9.93. The fourth-order valence-electron chi connectivity index (χ4n) is 3.29. The van der Waals surface area contributed by atoms with Gasteiger partial charge in [0.1, 0.15) is 0 Å². The van der Waals surface area contributed by atoms with E-state index in [1.165, 1.54) is 11.1 Å². The van der Waals surface area contributed by atoms with Gasteiger partial charge in [0.05, 0.1) is 13.2 Å². The largest absolute Gasteiger partial charge is 0.395 e. The van der Waals surface area contributed by atoms with E-state index < -0.39 is 0 Å². The van der Waals surface area contributed by atoms with Crippen molar-refractivity contribution in [3.63, 3.8) is 0 Å². The molecule has 0 saturated heterocycles. The van der Waals surface area contributed by atoms with Gasteiger partial charge < -0.3 is 20.3 Å². The highest BCUT2D eigenvalue weighted by Crippen LogP contribution is 2.15. The summed E-state index contributed by atoms with van der Waals surface area (Å²) >= 11 is 5.53. The summed E-state index contributed by atoms with van der Waals surface area (Å²) in [7, 11) is 0. The van der Waals surface area contributed by atoms with Crippen LogP contribution in [0.5, 0.6) is 0 Å². The van der Waals surface area contributed by atoms with Gasteiger partial charge in [-0.05, 0) is 59.8 Å². The molecule has 0 bridgehead atoms. The molecule has 0 aliphatic carbocycles. The minimum absolute atomic E-state index is 0.0357. The zero-order valence-corrected chi connectivity index (χ0v) is 17.5. The van der Waals surface area contributed by atoms with Crippen LogP contribution in [-0.4, -0.2) is 39.8 Å². The summed E-state index contributed by atoms with van der Waals surface area (Å²) in [6.45, 7) is 3.48. The topological polar surface area (TPSA) is 68.4 Å². The molecule has 0 aliphatic heterocycles. The predicted molar refractivity (Wildman–Crippen MR) is 122 cm³/mol. The molecule has 0 atom stereocenters. The number of hydrogen-bond donors (Lipinski definition) is 3. The Hall–Kier alpha value is -2.70. The van der Waals surface area contributed by atoms with E-state index in [4.69, 9.17) is 12.2 Å². The lowest BCUT2D eigenvalue weighted by molar-refractivity contribution is 0.245. The molecule has 1 aromatic heterocycles. The highest BCUT2D eigenvalue weighted by Gasteiger charge is 2.13. The highest BCUT2D eigenvalue weighted by atomic mass is 32.1. The number of aryl methyl sites for hydroxylation is 1. The molecule has 0 fully saturated rings. The van der Waals surface area contributed by atoms with Crippen LogP contribution in [0.2, 0.25) is 0 Å². The van der Waals surface area contributed by atoms with E-state index in [-0.39, 0.29) is 12.2 Å². The number of aromatic nitrogens is 1. The molecule has 1 heterocycles. The summed E-state index contributed by atoms with van der Waals surface area (Å²) in [5.41, 5.74) is 3.78. The molecule has 0 spiro atoms. The zero-order chi connectivity index (χ0) is 20.6. The van der Waals surface area contributed by atoms with Crippen LogP contribution in [-0.2, 0) is 19.4 Å². The number of hydrogen-bond acceptors (Lipinski definition) is 3. The average molecular weight is 410 g/mol. The second-order valence-electron chi connectivity index (χ2n) is 7.01. The second-order valence-corrected chi connectivity index (χ2v) is 7.40. The lowest BCUT2D eigenvalue weighted by atomic mass is 10.1. The third-order valence-corrected chi connectivity index (χ3v) is 5.35. The van der Waals surface area contributed by atoms with Crippen LogP contribution in [0.15, 0.2) is 59.4 Å². The second kappa shape index (κ2) is 10.2. The van der Waals surface area contributed by atoms with Gasteiger partial charge in [-0.2, -0.15) is 0 Å². The van der Waals surface area contributed by atoms with E-state index in [0.29, 0.717) is 30.3 Å². The van der Waals surface area contributed by atoms with E-state index in [0.717, 1.165) is 23.7 Å². The minimum atomic E-state index is -0.128. The predicted octanol–water partition coefficient (Wildman–Crippen LogP) is 3.00. The minimum Gasteiger partial charge on any atom is -0.395 e. The number of benzene rings is 2. The summed E-state index contributed by atoms with van der Waals surface area (Å²) in [4.78, 5) is 17.3. The Bertz CT molecular complexity index is 1020. The van der Waals surface area contributed by atoms with Crippen LogP contribution in [0.4, 0.5) is 0 Å². The Morgan fingerprint density at radius 1 is 1.14 bits per heavy atom. The van der Waals surface area contributed by atoms with Crippen molar-refractivity contribution in [3.05, 3.63) is 81.6 Å². The van der Waals surface area contributed by atoms with E-state index in [1.807, 2.05) is 41.3 Å². The third kappa shape index (κ3) is 5.65. The lowest BCUT2D eigenvalue weighted by Crippen LogP contribution is -2.42. The van der Waals surface area contributed by atoms with Crippen LogP contribution < -0.4 is 10.9 Å².